The van der Waals surface area contributed by atoms with Crippen LogP contribution in [0.3, 0.4) is 0 Å². The highest BCUT2D eigenvalue weighted by Crippen LogP contribution is 2.32. The number of nitrogens with zero attached hydrogens (tertiary/aromatic N) is 3. The summed E-state index contributed by atoms with van der Waals surface area (Å²) in [6, 6.07) is 9.81. The van der Waals surface area contributed by atoms with Crippen LogP contribution in [0.2, 0.25) is 0 Å². The molecule has 3 aromatic rings. The summed E-state index contributed by atoms with van der Waals surface area (Å²) in [4.78, 5) is 13.0. The molecule has 7 heteroatoms. The molecule has 0 amide bonds. The lowest BCUT2D eigenvalue weighted by atomic mass is 10.2. The molecule has 0 atom stereocenters. The van der Waals surface area contributed by atoms with Crippen LogP contribution in [0.1, 0.15) is 16.7 Å². The zero-order valence-corrected chi connectivity index (χ0v) is 14.4. The van der Waals surface area contributed by atoms with Crippen LogP contribution in [0, 0.1) is 6.92 Å². The predicted octanol–water partition coefficient (Wildman–Crippen LogP) is 3.13. The van der Waals surface area contributed by atoms with E-state index >= 15 is 0 Å². The van der Waals surface area contributed by atoms with Gasteiger partial charge in [0.15, 0.2) is 11.5 Å². The highest BCUT2D eigenvalue weighted by Gasteiger charge is 2.13. The van der Waals surface area contributed by atoms with E-state index in [4.69, 9.17) is 9.47 Å². The topological polar surface area (TPSA) is 81.2 Å². The Bertz CT molecular complexity index is 902. The standard InChI is InChI=1S/C19H19N5O2/c1-13-8-22-19(24-18(13)21-11-15-3-2-6-20-9-15)23-10-14-4-5-16-17(7-14)26-12-25-16/h2-9H,10-12H2,1H3,(H2,21,22,23,24). The Morgan fingerprint density at radius 2 is 1.88 bits per heavy atom. The molecule has 3 heterocycles. The molecule has 4 rings (SSSR count). The molecule has 0 fully saturated rings. The van der Waals surface area contributed by atoms with Gasteiger partial charge in [-0.25, -0.2) is 4.98 Å². The summed E-state index contributed by atoms with van der Waals surface area (Å²) in [5.74, 6) is 2.93. The fraction of sp³-hybridized carbons (Fsp3) is 0.211. The van der Waals surface area contributed by atoms with E-state index in [0.29, 0.717) is 19.0 Å². The summed E-state index contributed by atoms with van der Waals surface area (Å²) in [6.45, 7) is 3.52. The first-order chi connectivity index (χ1) is 12.8. The number of hydrogen-bond acceptors (Lipinski definition) is 7. The van der Waals surface area contributed by atoms with E-state index < -0.39 is 0 Å². The second-order valence-electron chi connectivity index (χ2n) is 5.98. The molecule has 2 aromatic heterocycles. The first-order valence-electron chi connectivity index (χ1n) is 8.37. The predicted molar refractivity (Wildman–Crippen MR) is 98.2 cm³/mol. The molecule has 7 nitrogen and oxygen atoms in total. The quantitative estimate of drug-likeness (QED) is 0.707. The SMILES string of the molecule is Cc1cnc(NCc2ccc3c(c2)OCO3)nc1NCc1cccnc1. The number of anilines is 2. The van der Waals surface area contributed by atoms with Gasteiger partial charge in [-0.1, -0.05) is 12.1 Å². The van der Waals surface area contributed by atoms with Crippen LogP contribution in [-0.4, -0.2) is 21.7 Å². The Morgan fingerprint density at radius 3 is 2.77 bits per heavy atom. The highest BCUT2D eigenvalue weighted by molar-refractivity contribution is 5.48. The van der Waals surface area contributed by atoms with E-state index in [2.05, 4.69) is 25.6 Å². The molecule has 1 aliphatic heterocycles. The Morgan fingerprint density at radius 1 is 1.00 bits per heavy atom. The summed E-state index contributed by atoms with van der Waals surface area (Å²) >= 11 is 0. The van der Waals surface area contributed by atoms with Gasteiger partial charge in [0.05, 0.1) is 0 Å². The van der Waals surface area contributed by atoms with Gasteiger partial charge in [0.1, 0.15) is 5.82 Å². The van der Waals surface area contributed by atoms with Crippen LogP contribution in [-0.2, 0) is 13.1 Å². The van der Waals surface area contributed by atoms with Gasteiger partial charge in [-0.3, -0.25) is 4.98 Å². The molecule has 0 spiro atoms. The van der Waals surface area contributed by atoms with Crippen molar-refractivity contribution < 1.29 is 9.47 Å². The molecule has 0 saturated heterocycles. The lowest BCUT2D eigenvalue weighted by Gasteiger charge is -2.11. The van der Waals surface area contributed by atoms with Gasteiger partial charge in [-0.15, -0.1) is 0 Å². The Kier molecular flexibility index (Phi) is 4.51. The van der Waals surface area contributed by atoms with E-state index in [0.717, 1.165) is 34.0 Å². The number of pyridine rings is 1. The molecule has 0 unspecified atom stereocenters. The summed E-state index contributed by atoms with van der Waals surface area (Å²) in [5.41, 5.74) is 3.16. The maximum Gasteiger partial charge on any atom is 0.231 e. The van der Waals surface area contributed by atoms with E-state index in [1.807, 2.05) is 43.5 Å². The largest absolute Gasteiger partial charge is 0.454 e. The third-order valence-electron chi connectivity index (χ3n) is 4.04. The maximum absolute atomic E-state index is 5.40. The number of fused-ring (bicyclic) bond motifs is 1. The van der Waals surface area contributed by atoms with Crippen LogP contribution in [0.25, 0.3) is 0 Å². The van der Waals surface area contributed by atoms with Crippen molar-refractivity contribution in [3.63, 3.8) is 0 Å². The van der Waals surface area contributed by atoms with Crippen LogP contribution < -0.4 is 20.1 Å². The van der Waals surface area contributed by atoms with Crippen molar-refractivity contribution in [2.24, 2.45) is 0 Å². The van der Waals surface area contributed by atoms with Crippen molar-refractivity contribution in [1.29, 1.82) is 0 Å². The summed E-state index contributed by atoms with van der Waals surface area (Å²) in [6.07, 6.45) is 5.40. The Balaban J connectivity index is 1.41. The molecule has 2 N–H and O–H groups in total. The fourth-order valence-corrected chi connectivity index (χ4v) is 2.63. The van der Waals surface area contributed by atoms with Crippen molar-refractivity contribution >= 4 is 11.8 Å². The molecule has 0 radical (unpaired) electrons. The van der Waals surface area contributed by atoms with Gasteiger partial charge >= 0.3 is 0 Å². The lowest BCUT2D eigenvalue weighted by molar-refractivity contribution is 0.174. The van der Waals surface area contributed by atoms with Gasteiger partial charge in [0.25, 0.3) is 0 Å². The van der Waals surface area contributed by atoms with Crippen LogP contribution in [0.15, 0.2) is 48.9 Å². The van der Waals surface area contributed by atoms with Gasteiger partial charge in [-0.05, 0) is 36.2 Å². The molecule has 26 heavy (non-hydrogen) atoms. The zero-order chi connectivity index (χ0) is 17.8. The Labute approximate surface area is 151 Å². The molecule has 132 valence electrons. The minimum Gasteiger partial charge on any atom is -0.454 e. The molecular weight excluding hydrogens is 330 g/mol. The average molecular weight is 349 g/mol. The number of hydrogen-bond donors (Lipinski definition) is 2. The minimum atomic E-state index is 0.277. The number of aryl methyl sites for hydroxylation is 1. The van der Waals surface area contributed by atoms with Crippen molar-refractivity contribution in [2.45, 2.75) is 20.0 Å². The normalized spacial score (nSPS) is 12.0. The Hall–Kier alpha value is -3.35. The van der Waals surface area contributed by atoms with E-state index in [9.17, 15) is 0 Å². The third kappa shape index (κ3) is 3.66. The smallest absolute Gasteiger partial charge is 0.231 e. The molecular formula is C19H19N5O2. The summed E-state index contributed by atoms with van der Waals surface area (Å²) in [5, 5.41) is 6.58. The van der Waals surface area contributed by atoms with Crippen molar-refractivity contribution in [1.82, 2.24) is 15.0 Å². The van der Waals surface area contributed by atoms with Crippen LogP contribution in [0.4, 0.5) is 11.8 Å². The second kappa shape index (κ2) is 7.26. The van der Waals surface area contributed by atoms with Crippen molar-refractivity contribution in [2.75, 3.05) is 17.4 Å². The number of ether oxygens (including phenoxy) is 2. The monoisotopic (exact) mass is 349 g/mol. The van der Waals surface area contributed by atoms with Gasteiger partial charge < -0.3 is 20.1 Å². The number of benzene rings is 1. The van der Waals surface area contributed by atoms with Gasteiger partial charge in [0.2, 0.25) is 12.7 Å². The third-order valence-corrected chi connectivity index (χ3v) is 4.04. The molecule has 1 aliphatic rings. The van der Waals surface area contributed by atoms with Crippen LogP contribution in [0.5, 0.6) is 11.5 Å². The minimum absolute atomic E-state index is 0.277. The highest BCUT2D eigenvalue weighted by atomic mass is 16.7. The van der Waals surface area contributed by atoms with Gasteiger partial charge in [-0.2, -0.15) is 4.98 Å². The van der Waals surface area contributed by atoms with E-state index in [-0.39, 0.29) is 6.79 Å². The first kappa shape index (κ1) is 16.1. The maximum atomic E-state index is 5.40. The molecule has 0 aliphatic carbocycles. The van der Waals surface area contributed by atoms with E-state index in [1.54, 1.807) is 12.4 Å². The lowest BCUT2D eigenvalue weighted by Crippen LogP contribution is -2.08. The van der Waals surface area contributed by atoms with Gasteiger partial charge in [0, 0.05) is 37.2 Å². The first-order valence-corrected chi connectivity index (χ1v) is 8.37. The number of rotatable bonds is 6. The van der Waals surface area contributed by atoms with Crippen molar-refractivity contribution in [3.8, 4) is 11.5 Å². The zero-order valence-electron chi connectivity index (χ0n) is 14.4. The van der Waals surface area contributed by atoms with Crippen molar-refractivity contribution in [3.05, 3.63) is 65.6 Å². The number of aromatic nitrogens is 3. The second-order valence-corrected chi connectivity index (χ2v) is 5.98. The fourth-order valence-electron chi connectivity index (χ4n) is 2.63. The molecule has 1 aromatic carbocycles. The number of nitrogens with one attached hydrogen (secondary N) is 2. The molecule has 0 saturated carbocycles. The summed E-state index contributed by atoms with van der Waals surface area (Å²) < 4.78 is 10.7. The average Bonchev–Trinajstić information content (AvgIpc) is 3.15. The van der Waals surface area contributed by atoms with Crippen LogP contribution >= 0.6 is 0 Å². The molecule has 0 bridgehead atoms. The summed E-state index contributed by atoms with van der Waals surface area (Å²) in [7, 11) is 0. The van der Waals surface area contributed by atoms with E-state index in [1.165, 1.54) is 0 Å².